The molecule has 0 radical (unpaired) electrons. The number of phenols is 1. The monoisotopic (exact) mass is 274 g/mol. The zero-order valence-corrected chi connectivity index (χ0v) is 12.3. The number of carbonyl (C=O) groups is 1. The minimum absolute atomic E-state index is 0.0757. The van der Waals surface area contributed by atoms with Crippen LogP contribution in [0, 0.1) is 0 Å². The molecule has 0 heterocycles. The van der Waals surface area contributed by atoms with E-state index >= 15 is 0 Å². The van der Waals surface area contributed by atoms with Gasteiger partial charge in [0.1, 0.15) is 16.9 Å². The van der Waals surface area contributed by atoms with Gasteiger partial charge in [0, 0.05) is 0 Å². The predicted molar refractivity (Wildman–Crippen MR) is 80.8 cm³/mol. The van der Waals surface area contributed by atoms with Crippen molar-refractivity contribution in [2.45, 2.75) is 39.2 Å². The molecular formula is C17H22O3. The number of phenolic OH excluding ortho intramolecular Hbond substituents is 1. The minimum atomic E-state index is -0.745. The first-order valence-electron chi connectivity index (χ1n) is 6.66. The normalized spacial score (nSPS) is 13.2. The molecule has 0 fully saturated rings. The van der Waals surface area contributed by atoms with Gasteiger partial charge in [0.15, 0.2) is 0 Å². The van der Waals surface area contributed by atoms with E-state index in [1.807, 2.05) is 20.8 Å². The Balaban J connectivity index is 2.77. The lowest BCUT2D eigenvalue weighted by Gasteiger charge is -2.25. The molecule has 0 saturated heterocycles. The maximum atomic E-state index is 12.1. The van der Waals surface area contributed by atoms with Crippen molar-refractivity contribution >= 4 is 5.97 Å². The first-order chi connectivity index (χ1) is 9.38. The first-order valence-corrected chi connectivity index (χ1v) is 6.66. The van der Waals surface area contributed by atoms with Gasteiger partial charge in [-0.2, -0.15) is 0 Å². The molecule has 1 atom stereocenters. The summed E-state index contributed by atoms with van der Waals surface area (Å²) in [7, 11) is 0. The van der Waals surface area contributed by atoms with E-state index < -0.39 is 11.6 Å². The van der Waals surface area contributed by atoms with Crippen LogP contribution in [-0.4, -0.2) is 16.7 Å². The van der Waals surface area contributed by atoms with Crippen molar-refractivity contribution in [3.05, 3.63) is 54.1 Å². The third kappa shape index (κ3) is 4.57. The van der Waals surface area contributed by atoms with Crippen molar-refractivity contribution in [1.82, 2.24) is 0 Å². The Morgan fingerprint density at radius 1 is 1.40 bits per heavy atom. The fourth-order valence-corrected chi connectivity index (χ4v) is 1.76. The van der Waals surface area contributed by atoms with Gasteiger partial charge >= 0.3 is 5.97 Å². The number of carbonyl (C=O) groups excluding carboxylic acids is 1. The predicted octanol–water partition coefficient (Wildman–Crippen LogP) is 4.24. The van der Waals surface area contributed by atoms with E-state index in [4.69, 9.17) is 4.74 Å². The molecule has 3 heteroatoms. The number of hydrogen-bond acceptors (Lipinski definition) is 3. The van der Waals surface area contributed by atoms with E-state index in [1.54, 1.807) is 18.2 Å². The number of para-hydroxylation sites is 1. The number of aromatic hydroxyl groups is 1. The van der Waals surface area contributed by atoms with Gasteiger partial charge in [0.2, 0.25) is 0 Å². The molecular weight excluding hydrogens is 252 g/mol. The fraction of sp³-hybridized carbons (Fsp3) is 0.353. The van der Waals surface area contributed by atoms with Crippen LogP contribution in [0.25, 0.3) is 0 Å². The molecule has 0 saturated carbocycles. The van der Waals surface area contributed by atoms with Crippen LogP contribution in [0.4, 0.5) is 0 Å². The number of ether oxygens (including phenoxy) is 1. The van der Waals surface area contributed by atoms with Gasteiger partial charge in [-0.25, -0.2) is 4.79 Å². The summed E-state index contributed by atoms with van der Waals surface area (Å²) in [5, 5.41) is 9.66. The number of hydrogen-bond donors (Lipinski definition) is 1. The molecule has 0 aromatic heterocycles. The number of rotatable bonds is 6. The van der Waals surface area contributed by atoms with Gasteiger partial charge in [-0.3, -0.25) is 0 Å². The lowest BCUT2D eigenvalue weighted by molar-refractivity contribution is 0.00808. The van der Waals surface area contributed by atoms with E-state index in [1.165, 1.54) is 17.7 Å². The third-order valence-corrected chi connectivity index (χ3v) is 3.07. The van der Waals surface area contributed by atoms with Crippen molar-refractivity contribution in [3.63, 3.8) is 0 Å². The average molecular weight is 274 g/mol. The second-order valence-electron chi connectivity index (χ2n) is 5.24. The molecule has 1 aromatic rings. The quantitative estimate of drug-likeness (QED) is 0.623. The summed E-state index contributed by atoms with van der Waals surface area (Å²) in [5.41, 5.74) is 0.650. The van der Waals surface area contributed by atoms with Crippen LogP contribution in [-0.2, 0) is 4.74 Å². The summed E-state index contributed by atoms with van der Waals surface area (Å²) in [6.07, 6.45) is 5.18. The fourth-order valence-electron chi connectivity index (χ4n) is 1.76. The van der Waals surface area contributed by atoms with Crippen molar-refractivity contribution in [2.24, 2.45) is 0 Å². The van der Waals surface area contributed by atoms with Gasteiger partial charge in [0.05, 0.1) is 0 Å². The number of allylic oxidation sites excluding steroid dienone is 2. The molecule has 108 valence electrons. The van der Waals surface area contributed by atoms with Crippen LogP contribution < -0.4 is 0 Å². The Morgan fingerprint density at radius 2 is 2.05 bits per heavy atom. The van der Waals surface area contributed by atoms with Crippen molar-refractivity contribution in [2.75, 3.05) is 0 Å². The topological polar surface area (TPSA) is 46.5 Å². The molecule has 20 heavy (non-hydrogen) atoms. The second-order valence-corrected chi connectivity index (χ2v) is 5.24. The minimum Gasteiger partial charge on any atom is -0.507 e. The molecule has 1 rings (SSSR count). The van der Waals surface area contributed by atoms with Gasteiger partial charge in [0.25, 0.3) is 0 Å². The maximum Gasteiger partial charge on any atom is 0.342 e. The lowest BCUT2D eigenvalue weighted by Crippen LogP contribution is -2.29. The highest BCUT2D eigenvalue weighted by atomic mass is 16.6. The van der Waals surface area contributed by atoms with Crippen LogP contribution >= 0.6 is 0 Å². The van der Waals surface area contributed by atoms with Crippen LogP contribution in [0.2, 0.25) is 0 Å². The zero-order valence-electron chi connectivity index (χ0n) is 12.3. The average Bonchev–Trinajstić information content (AvgIpc) is 2.38. The molecule has 1 aromatic carbocycles. The van der Waals surface area contributed by atoms with Crippen LogP contribution in [0.3, 0.4) is 0 Å². The lowest BCUT2D eigenvalue weighted by atomic mass is 9.99. The summed E-state index contributed by atoms with van der Waals surface area (Å²) in [4.78, 5) is 12.1. The SMILES string of the molecule is C=CC(C)(CCC=C(C)C)OC(=O)c1ccccc1O. The van der Waals surface area contributed by atoms with Gasteiger partial charge in [-0.15, -0.1) is 0 Å². The molecule has 0 amide bonds. The molecule has 0 aliphatic heterocycles. The smallest absolute Gasteiger partial charge is 0.342 e. The van der Waals surface area contributed by atoms with Crippen LogP contribution in [0.15, 0.2) is 48.6 Å². The van der Waals surface area contributed by atoms with Gasteiger partial charge in [-0.05, 0) is 51.8 Å². The van der Waals surface area contributed by atoms with E-state index in [0.29, 0.717) is 6.42 Å². The van der Waals surface area contributed by atoms with Gasteiger partial charge in [-0.1, -0.05) is 30.4 Å². The standard InChI is InChI=1S/C17H22O3/c1-5-17(4,12-8-9-13(2)3)20-16(19)14-10-6-7-11-15(14)18/h5-7,9-11,18H,1,8,12H2,2-4H3. The van der Waals surface area contributed by atoms with Crippen molar-refractivity contribution < 1.29 is 14.6 Å². The van der Waals surface area contributed by atoms with E-state index in [9.17, 15) is 9.90 Å². The highest BCUT2D eigenvalue weighted by molar-refractivity contribution is 5.92. The molecule has 0 bridgehead atoms. The van der Waals surface area contributed by atoms with Crippen molar-refractivity contribution in [3.8, 4) is 5.75 Å². The van der Waals surface area contributed by atoms with E-state index in [2.05, 4.69) is 12.7 Å². The Hall–Kier alpha value is -2.03. The number of benzene rings is 1. The van der Waals surface area contributed by atoms with Gasteiger partial charge < -0.3 is 9.84 Å². The van der Waals surface area contributed by atoms with Crippen molar-refractivity contribution in [1.29, 1.82) is 0 Å². The summed E-state index contributed by atoms with van der Waals surface area (Å²) in [6, 6.07) is 6.35. The summed E-state index contributed by atoms with van der Waals surface area (Å²) in [6.45, 7) is 9.61. The Kier molecular flexibility index (Phi) is 5.56. The first kappa shape index (κ1) is 16.0. The van der Waals surface area contributed by atoms with Crippen LogP contribution in [0.5, 0.6) is 5.75 Å². The highest BCUT2D eigenvalue weighted by Crippen LogP contribution is 2.24. The maximum absolute atomic E-state index is 12.1. The molecule has 0 aliphatic rings. The summed E-state index contributed by atoms with van der Waals surface area (Å²) in [5.74, 6) is -0.615. The third-order valence-electron chi connectivity index (χ3n) is 3.07. The highest BCUT2D eigenvalue weighted by Gasteiger charge is 2.26. The zero-order chi connectivity index (χ0) is 15.2. The Morgan fingerprint density at radius 3 is 2.60 bits per heavy atom. The molecule has 0 spiro atoms. The van der Waals surface area contributed by atoms with Crippen LogP contribution in [0.1, 0.15) is 44.0 Å². The largest absolute Gasteiger partial charge is 0.507 e. The Bertz CT molecular complexity index is 513. The molecule has 1 N–H and O–H groups in total. The Labute approximate surface area is 120 Å². The summed E-state index contributed by atoms with van der Waals surface area (Å²) < 4.78 is 5.49. The van der Waals surface area contributed by atoms with E-state index in [-0.39, 0.29) is 11.3 Å². The summed E-state index contributed by atoms with van der Waals surface area (Å²) >= 11 is 0. The molecule has 1 unspecified atom stereocenters. The molecule has 3 nitrogen and oxygen atoms in total. The second kappa shape index (κ2) is 6.94. The number of esters is 1. The van der Waals surface area contributed by atoms with E-state index in [0.717, 1.165) is 6.42 Å². The molecule has 0 aliphatic carbocycles.